The highest BCUT2D eigenvalue weighted by atomic mass is 35.5. The van der Waals surface area contributed by atoms with Gasteiger partial charge in [-0.05, 0) is 54.1 Å². The van der Waals surface area contributed by atoms with E-state index in [1.165, 1.54) is 6.92 Å². The molecule has 0 radical (unpaired) electrons. The highest BCUT2D eigenvalue weighted by molar-refractivity contribution is 6.30. The fraction of sp³-hybridized carbons (Fsp3) is 0.0909. The van der Waals surface area contributed by atoms with Gasteiger partial charge in [-0.25, -0.2) is 0 Å². The second-order valence-electron chi connectivity index (χ2n) is 6.55. The normalized spacial score (nSPS) is 15.6. The lowest BCUT2D eigenvalue weighted by atomic mass is 10.0. The van der Waals surface area contributed by atoms with Crippen molar-refractivity contribution in [3.8, 4) is 0 Å². The van der Waals surface area contributed by atoms with Crippen molar-refractivity contribution >= 4 is 40.5 Å². The highest BCUT2D eigenvalue weighted by Crippen LogP contribution is 2.37. The van der Waals surface area contributed by atoms with E-state index in [4.69, 9.17) is 11.6 Å². The molecule has 0 aliphatic carbocycles. The van der Waals surface area contributed by atoms with Crippen molar-refractivity contribution in [2.75, 3.05) is 15.5 Å². The molecule has 1 aliphatic rings. The minimum absolute atomic E-state index is 0.0902. The lowest BCUT2D eigenvalue weighted by molar-refractivity contribution is -0.114. The maximum absolute atomic E-state index is 13.3. The highest BCUT2D eigenvalue weighted by Gasteiger charge is 2.33. The molecular formula is C22H18ClN3O2. The third-order valence-corrected chi connectivity index (χ3v) is 4.83. The summed E-state index contributed by atoms with van der Waals surface area (Å²) in [6.07, 6.45) is -0.394. The second kappa shape index (κ2) is 7.37. The molecule has 1 unspecified atom stereocenters. The van der Waals surface area contributed by atoms with Crippen LogP contribution in [0.15, 0.2) is 72.8 Å². The van der Waals surface area contributed by atoms with Gasteiger partial charge in [-0.15, -0.1) is 0 Å². The van der Waals surface area contributed by atoms with Crippen molar-refractivity contribution in [1.82, 2.24) is 0 Å². The van der Waals surface area contributed by atoms with Gasteiger partial charge in [0.1, 0.15) is 6.17 Å². The second-order valence-corrected chi connectivity index (χ2v) is 6.98. The molecule has 6 heteroatoms. The molecule has 1 atom stereocenters. The van der Waals surface area contributed by atoms with E-state index in [9.17, 15) is 9.59 Å². The molecule has 140 valence electrons. The number of carbonyl (C=O) groups is 2. The van der Waals surface area contributed by atoms with Gasteiger partial charge in [0.25, 0.3) is 5.91 Å². The van der Waals surface area contributed by atoms with Crippen LogP contribution in [0.3, 0.4) is 0 Å². The van der Waals surface area contributed by atoms with E-state index in [2.05, 4.69) is 10.6 Å². The van der Waals surface area contributed by atoms with Crippen LogP contribution in [0.2, 0.25) is 5.02 Å². The molecule has 0 spiro atoms. The maximum atomic E-state index is 13.3. The van der Waals surface area contributed by atoms with E-state index < -0.39 is 6.17 Å². The zero-order valence-electron chi connectivity index (χ0n) is 15.1. The van der Waals surface area contributed by atoms with Crippen molar-refractivity contribution in [3.05, 3.63) is 88.9 Å². The molecule has 0 saturated carbocycles. The summed E-state index contributed by atoms with van der Waals surface area (Å²) in [6, 6.07) is 22.1. The summed E-state index contributed by atoms with van der Waals surface area (Å²) in [4.78, 5) is 26.3. The number of benzene rings is 3. The van der Waals surface area contributed by atoms with Gasteiger partial charge in [-0.2, -0.15) is 0 Å². The number of para-hydroxylation sites is 1. The van der Waals surface area contributed by atoms with Gasteiger partial charge in [0.05, 0.1) is 5.56 Å². The molecule has 0 aromatic heterocycles. The summed E-state index contributed by atoms with van der Waals surface area (Å²) >= 11 is 6.03. The predicted octanol–water partition coefficient (Wildman–Crippen LogP) is 5.07. The molecule has 1 aliphatic heterocycles. The van der Waals surface area contributed by atoms with Crippen molar-refractivity contribution in [2.24, 2.45) is 0 Å². The fourth-order valence-electron chi connectivity index (χ4n) is 3.31. The van der Waals surface area contributed by atoms with Gasteiger partial charge >= 0.3 is 0 Å². The molecule has 4 rings (SSSR count). The van der Waals surface area contributed by atoms with E-state index in [1.807, 2.05) is 60.7 Å². The Morgan fingerprint density at radius 2 is 1.68 bits per heavy atom. The third kappa shape index (κ3) is 3.44. The summed E-state index contributed by atoms with van der Waals surface area (Å²) in [6.45, 7) is 1.47. The molecule has 5 nitrogen and oxygen atoms in total. The quantitative estimate of drug-likeness (QED) is 0.655. The van der Waals surface area contributed by atoms with Crippen LogP contribution in [-0.2, 0) is 4.79 Å². The number of nitrogens with zero attached hydrogens (tertiary/aromatic N) is 1. The number of carbonyl (C=O) groups excluding carboxylic acids is 2. The van der Waals surface area contributed by atoms with Crippen molar-refractivity contribution < 1.29 is 9.59 Å². The van der Waals surface area contributed by atoms with E-state index in [1.54, 1.807) is 17.0 Å². The Morgan fingerprint density at radius 1 is 1.00 bits per heavy atom. The van der Waals surface area contributed by atoms with Gasteiger partial charge in [-0.3, -0.25) is 14.5 Å². The molecule has 2 N–H and O–H groups in total. The number of halogens is 1. The average molecular weight is 392 g/mol. The van der Waals surface area contributed by atoms with Gasteiger partial charge in [0.2, 0.25) is 5.91 Å². The molecule has 0 saturated heterocycles. The first-order valence-corrected chi connectivity index (χ1v) is 9.23. The zero-order valence-corrected chi connectivity index (χ0v) is 15.9. The van der Waals surface area contributed by atoms with E-state index in [-0.39, 0.29) is 11.8 Å². The van der Waals surface area contributed by atoms with Crippen LogP contribution in [-0.4, -0.2) is 11.8 Å². The molecule has 28 heavy (non-hydrogen) atoms. The summed E-state index contributed by atoms with van der Waals surface area (Å²) in [5.41, 5.74) is 3.74. The van der Waals surface area contributed by atoms with Crippen LogP contribution in [0.5, 0.6) is 0 Å². The van der Waals surface area contributed by atoms with E-state index in [0.717, 1.165) is 16.9 Å². The monoisotopic (exact) mass is 391 g/mol. The number of amides is 2. The molecule has 2 amide bonds. The summed E-state index contributed by atoms with van der Waals surface area (Å²) in [7, 11) is 0. The number of hydrogen-bond donors (Lipinski definition) is 2. The minimum Gasteiger partial charge on any atom is -0.360 e. The van der Waals surface area contributed by atoms with E-state index >= 15 is 0 Å². The zero-order chi connectivity index (χ0) is 19.7. The van der Waals surface area contributed by atoms with Gasteiger partial charge in [0, 0.05) is 29.0 Å². The lowest BCUT2D eigenvalue weighted by Gasteiger charge is -2.38. The Labute approximate surface area is 167 Å². The van der Waals surface area contributed by atoms with Crippen molar-refractivity contribution in [1.29, 1.82) is 0 Å². The van der Waals surface area contributed by atoms with Crippen LogP contribution in [0.25, 0.3) is 0 Å². The Balaban J connectivity index is 1.77. The number of fused-ring (bicyclic) bond motifs is 1. The lowest BCUT2D eigenvalue weighted by Crippen LogP contribution is -2.43. The van der Waals surface area contributed by atoms with E-state index in [0.29, 0.717) is 16.3 Å². The van der Waals surface area contributed by atoms with Gasteiger partial charge in [-0.1, -0.05) is 35.9 Å². The Hall–Kier alpha value is -3.31. The number of rotatable bonds is 3. The van der Waals surface area contributed by atoms with Crippen LogP contribution in [0.1, 0.15) is 29.0 Å². The average Bonchev–Trinajstić information content (AvgIpc) is 2.69. The standard InChI is InChI=1S/C22H18ClN3O2/c1-14(27)24-17-10-6-15(7-11-17)21-25-20-5-3-2-4-19(20)22(28)26(21)18-12-8-16(23)9-13-18/h2-13,21,25H,1H3,(H,24,27). The first kappa shape index (κ1) is 18.1. The van der Waals surface area contributed by atoms with Crippen molar-refractivity contribution in [3.63, 3.8) is 0 Å². The summed E-state index contributed by atoms with van der Waals surface area (Å²) < 4.78 is 0. The summed E-state index contributed by atoms with van der Waals surface area (Å²) in [5.74, 6) is -0.219. The van der Waals surface area contributed by atoms with Crippen molar-refractivity contribution in [2.45, 2.75) is 13.1 Å². The molecule has 3 aromatic rings. The van der Waals surface area contributed by atoms with Crippen LogP contribution >= 0.6 is 11.6 Å². The van der Waals surface area contributed by atoms with Gasteiger partial charge in [0.15, 0.2) is 0 Å². The Morgan fingerprint density at radius 3 is 2.36 bits per heavy atom. The number of nitrogens with one attached hydrogen (secondary N) is 2. The first-order valence-electron chi connectivity index (χ1n) is 8.85. The molecule has 1 heterocycles. The largest absolute Gasteiger partial charge is 0.360 e. The summed E-state index contributed by atoms with van der Waals surface area (Å²) in [5, 5.41) is 6.81. The first-order chi connectivity index (χ1) is 13.5. The molecule has 0 fully saturated rings. The molecular weight excluding hydrogens is 374 g/mol. The van der Waals surface area contributed by atoms with Crippen LogP contribution in [0.4, 0.5) is 17.1 Å². The number of anilines is 3. The SMILES string of the molecule is CC(=O)Nc1ccc(C2Nc3ccccc3C(=O)N2c2ccc(Cl)cc2)cc1. The Bertz CT molecular complexity index is 1030. The Kier molecular flexibility index (Phi) is 4.75. The van der Waals surface area contributed by atoms with Crippen LogP contribution < -0.4 is 15.5 Å². The third-order valence-electron chi connectivity index (χ3n) is 4.58. The molecule has 3 aromatic carbocycles. The van der Waals surface area contributed by atoms with Crippen LogP contribution in [0, 0.1) is 0 Å². The smallest absolute Gasteiger partial charge is 0.262 e. The fourth-order valence-corrected chi connectivity index (χ4v) is 3.43. The minimum atomic E-state index is -0.394. The topological polar surface area (TPSA) is 61.4 Å². The predicted molar refractivity (Wildman–Crippen MR) is 112 cm³/mol. The number of hydrogen-bond acceptors (Lipinski definition) is 3. The van der Waals surface area contributed by atoms with Gasteiger partial charge < -0.3 is 10.6 Å². The maximum Gasteiger partial charge on any atom is 0.262 e. The molecule has 0 bridgehead atoms.